The highest BCUT2D eigenvalue weighted by Crippen LogP contribution is 2.43. The summed E-state index contributed by atoms with van der Waals surface area (Å²) in [4.78, 5) is 14.0. The molecule has 1 aliphatic rings. The van der Waals surface area contributed by atoms with Gasteiger partial charge in [0.1, 0.15) is 23.0 Å². The number of hydrogen-bond acceptors (Lipinski definition) is 6. The smallest absolute Gasteiger partial charge is 0.239 e. The van der Waals surface area contributed by atoms with Crippen LogP contribution in [0.3, 0.4) is 0 Å². The number of benzene rings is 2. The fourth-order valence-corrected chi connectivity index (χ4v) is 5.27. The number of amides is 1. The third-order valence-electron chi connectivity index (χ3n) is 4.63. The molecule has 1 amide bonds. The average Bonchev–Trinajstić information content (AvgIpc) is 2.89. The van der Waals surface area contributed by atoms with Crippen molar-refractivity contribution in [3.63, 3.8) is 0 Å². The molecule has 1 aliphatic heterocycles. The number of methoxy groups -OCH3 is 2. The predicted octanol–water partition coefficient (Wildman–Crippen LogP) is 2.95. The van der Waals surface area contributed by atoms with Crippen molar-refractivity contribution in [3.05, 3.63) is 53.6 Å². The van der Waals surface area contributed by atoms with Crippen molar-refractivity contribution in [2.45, 2.75) is 31.9 Å². The molecule has 29 heavy (non-hydrogen) atoms. The van der Waals surface area contributed by atoms with Crippen LogP contribution in [0.2, 0.25) is 0 Å². The van der Waals surface area contributed by atoms with Crippen LogP contribution in [-0.4, -0.2) is 45.3 Å². The molecule has 1 fully saturated rings. The largest absolute Gasteiger partial charge is 0.496 e. The zero-order valence-corrected chi connectivity index (χ0v) is 17.7. The van der Waals surface area contributed by atoms with E-state index in [2.05, 4.69) is 0 Å². The van der Waals surface area contributed by atoms with Crippen LogP contribution in [0, 0.1) is 0 Å². The molecule has 2 aromatic carbocycles. The molecule has 1 atom stereocenters. The van der Waals surface area contributed by atoms with E-state index < -0.39 is 26.9 Å². The lowest BCUT2D eigenvalue weighted by molar-refractivity contribution is -0.128. The third kappa shape index (κ3) is 4.32. The van der Waals surface area contributed by atoms with E-state index in [0.717, 1.165) is 5.56 Å². The Labute approximate surface area is 171 Å². The number of carbonyl (C=O) groups excluding carboxylic acids is 1. The van der Waals surface area contributed by atoms with Gasteiger partial charge in [-0.15, -0.1) is 0 Å². The molecule has 3 rings (SSSR count). The van der Waals surface area contributed by atoms with E-state index in [9.17, 15) is 13.2 Å². The highest BCUT2D eigenvalue weighted by atomic mass is 32.2. The summed E-state index contributed by atoms with van der Waals surface area (Å²) in [7, 11) is -0.841. The molecule has 0 bridgehead atoms. The van der Waals surface area contributed by atoms with Crippen LogP contribution in [0.1, 0.15) is 30.3 Å². The Morgan fingerprint density at radius 2 is 1.62 bits per heavy atom. The Balaban J connectivity index is 1.99. The van der Waals surface area contributed by atoms with Gasteiger partial charge >= 0.3 is 0 Å². The van der Waals surface area contributed by atoms with Crippen molar-refractivity contribution < 1.29 is 27.4 Å². The topological polar surface area (TPSA) is 82.1 Å². The van der Waals surface area contributed by atoms with E-state index in [0.29, 0.717) is 22.8 Å². The Morgan fingerprint density at radius 3 is 2.14 bits per heavy atom. The average molecular weight is 419 g/mol. The molecule has 1 heterocycles. The summed E-state index contributed by atoms with van der Waals surface area (Å²) < 4.78 is 42.2. The van der Waals surface area contributed by atoms with E-state index in [1.165, 1.54) is 19.1 Å². The highest BCUT2D eigenvalue weighted by Gasteiger charge is 2.47. The molecule has 0 aromatic heterocycles. The number of nitrogens with zero attached hydrogens (tertiary/aromatic N) is 1. The minimum absolute atomic E-state index is 0.0496. The van der Waals surface area contributed by atoms with Crippen molar-refractivity contribution in [3.8, 4) is 17.2 Å². The molecule has 0 aliphatic carbocycles. The van der Waals surface area contributed by atoms with E-state index >= 15 is 0 Å². The summed E-state index contributed by atoms with van der Waals surface area (Å²) in [5, 5.41) is -1.17. The molecule has 0 N–H and O–H groups in total. The summed E-state index contributed by atoms with van der Waals surface area (Å²) in [6, 6.07) is 12.3. The van der Waals surface area contributed by atoms with Crippen LogP contribution in [0.5, 0.6) is 17.2 Å². The van der Waals surface area contributed by atoms with Crippen molar-refractivity contribution in [1.29, 1.82) is 0 Å². The second-order valence-electron chi connectivity index (χ2n) is 7.07. The lowest BCUT2D eigenvalue weighted by atomic mass is 10.1. The number of carbonyl (C=O) groups is 1. The molecule has 1 unspecified atom stereocenters. The predicted molar refractivity (Wildman–Crippen MR) is 109 cm³/mol. The standard InChI is InChI=1S/C21H25NO6S/c1-14(2)28-16-10-8-15(9-11-16)12-22-19(23)13-29(24,25)21(22)20-17(26-3)6-5-7-18(20)27-4/h5-11,14,21H,12-13H2,1-4H3. The van der Waals surface area contributed by atoms with Crippen LogP contribution in [0.25, 0.3) is 0 Å². The summed E-state index contributed by atoms with van der Waals surface area (Å²) in [5.74, 6) is 0.432. The van der Waals surface area contributed by atoms with Gasteiger partial charge in [0, 0.05) is 6.54 Å². The monoisotopic (exact) mass is 419 g/mol. The Kier molecular flexibility index (Phi) is 6.02. The van der Waals surface area contributed by atoms with Gasteiger partial charge in [-0.1, -0.05) is 18.2 Å². The number of sulfone groups is 1. The van der Waals surface area contributed by atoms with Gasteiger partial charge in [-0.25, -0.2) is 8.42 Å². The molecule has 156 valence electrons. The quantitative estimate of drug-likeness (QED) is 0.686. The Bertz CT molecular complexity index is 962. The first kappa shape index (κ1) is 21.0. The zero-order chi connectivity index (χ0) is 21.2. The van der Waals surface area contributed by atoms with E-state index in [-0.39, 0.29) is 12.6 Å². The van der Waals surface area contributed by atoms with E-state index in [4.69, 9.17) is 14.2 Å². The summed E-state index contributed by atoms with van der Waals surface area (Å²) >= 11 is 0. The first-order chi connectivity index (χ1) is 13.8. The van der Waals surface area contributed by atoms with E-state index in [1.807, 2.05) is 38.1 Å². The second kappa shape index (κ2) is 8.32. The van der Waals surface area contributed by atoms with Crippen LogP contribution in [-0.2, 0) is 21.2 Å². The Morgan fingerprint density at radius 1 is 1.03 bits per heavy atom. The molecule has 0 spiro atoms. The lowest BCUT2D eigenvalue weighted by Crippen LogP contribution is -2.29. The van der Waals surface area contributed by atoms with Crippen molar-refractivity contribution in [2.75, 3.05) is 20.0 Å². The highest BCUT2D eigenvalue weighted by molar-refractivity contribution is 7.92. The second-order valence-corrected chi connectivity index (χ2v) is 9.13. The van der Waals surface area contributed by atoms with Gasteiger partial charge in [-0.05, 0) is 43.7 Å². The maximum Gasteiger partial charge on any atom is 0.239 e. The Hall–Kier alpha value is -2.74. The molecule has 0 saturated carbocycles. The van der Waals surface area contributed by atoms with Crippen molar-refractivity contribution in [2.24, 2.45) is 0 Å². The number of rotatable bonds is 7. The van der Waals surface area contributed by atoms with Crippen molar-refractivity contribution in [1.82, 2.24) is 4.90 Å². The van der Waals surface area contributed by atoms with Crippen LogP contribution in [0.15, 0.2) is 42.5 Å². The van der Waals surface area contributed by atoms with Gasteiger partial charge in [0.2, 0.25) is 5.91 Å². The van der Waals surface area contributed by atoms with Crippen molar-refractivity contribution >= 4 is 15.7 Å². The third-order valence-corrected chi connectivity index (χ3v) is 6.45. The molecular weight excluding hydrogens is 394 g/mol. The normalized spacial score (nSPS) is 18.2. The molecule has 7 nitrogen and oxygen atoms in total. The first-order valence-corrected chi connectivity index (χ1v) is 11.0. The SMILES string of the molecule is COc1cccc(OC)c1C1N(Cc2ccc(OC(C)C)cc2)C(=O)CS1(=O)=O. The maximum atomic E-state index is 12.9. The lowest BCUT2D eigenvalue weighted by Gasteiger charge is -2.26. The number of ether oxygens (including phenoxy) is 3. The van der Waals surface area contributed by atoms with Gasteiger partial charge < -0.3 is 19.1 Å². The minimum atomic E-state index is -3.76. The number of hydrogen-bond donors (Lipinski definition) is 0. The summed E-state index contributed by atoms with van der Waals surface area (Å²) in [6.07, 6.45) is 0.0496. The molecule has 1 saturated heterocycles. The molecule has 2 aromatic rings. The molecule has 8 heteroatoms. The van der Waals surface area contributed by atoms with Crippen LogP contribution in [0.4, 0.5) is 0 Å². The van der Waals surface area contributed by atoms with Crippen LogP contribution >= 0.6 is 0 Å². The summed E-state index contributed by atoms with van der Waals surface area (Å²) in [6.45, 7) is 4.02. The minimum Gasteiger partial charge on any atom is -0.496 e. The zero-order valence-electron chi connectivity index (χ0n) is 16.9. The van der Waals surface area contributed by atoms with Gasteiger partial charge in [0.15, 0.2) is 15.2 Å². The molecule has 0 radical (unpaired) electrons. The fraction of sp³-hybridized carbons (Fsp3) is 0.381. The maximum absolute atomic E-state index is 12.9. The van der Waals surface area contributed by atoms with Gasteiger partial charge in [0.25, 0.3) is 0 Å². The molecular formula is C21H25NO6S. The summed E-state index contributed by atoms with van der Waals surface area (Å²) in [5.41, 5.74) is 1.13. The first-order valence-electron chi connectivity index (χ1n) is 9.24. The van der Waals surface area contributed by atoms with E-state index in [1.54, 1.807) is 18.2 Å². The van der Waals surface area contributed by atoms with Gasteiger partial charge in [-0.3, -0.25) is 4.79 Å². The van der Waals surface area contributed by atoms with Gasteiger partial charge in [-0.2, -0.15) is 0 Å². The van der Waals surface area contributed by atoms with Gasteiger partial charge in [0.05, 0.1) is 25.9 Å². The van der Waals surface area contributed by atoms with Crippen LogP contribution < -0.4 is 14.2 Å². The fourth-order valence-electron chi connectivity index (χ4n) is 3.43.